The molecule has 4 atom stereocenters. The second-order valence-electron chi connectivity index (χ2n) is 6.87. The van der Waals surface area contributed by atoms with Gasteiger partial charge < -0.3 is 5.11 Å². The molecule has 1 saturated carbocycles. The van der Waals surface area contributed by atoms with Gasteiger partial charge in [0.25, 0.3) is 0 Å². The SMILES string of the molecule is C.CC12CC=C3c4ccccc4CCC3C1CCC2O. The van der Waals surface area contributed by atoms with E-state index < -0.39 is 0 Å². The summed E-state index contributed by atoms with van der Waals surface area (Å²) >= 11 is 0. The van der Waals surface area contributed by atoms with Gasteiger partial charge >= 0.3 is 0 Å². The number of hydrogen-bond acceptors (Lipinski definition) is 1. The molecule has 0 aromatic heterocycles. The molecule has 0 radical (unpaired) electrons. The quantitative estimate of drug-likeness (QED) is 0.738. The fourth-order valence-electron chi connectivity index (χ4n) is 4.89. The number of allylic oxidation sites excluding steroid dienone is 2. The molecule has 0 amide bonds. The maximum absolute atomic E-state index is 10.3. The molecule has 3 aliphatic carbocycles. The lowest BCUT2D eigenvalue weighted by atomic mass is 9.60. The Morgan fingerprint density at radius 3 is 2.80 bits per heavy atom. The molecule has 0 saturated heterocycles. The predicted octanol–water partition coefficient (Wildman–Crippen LogP) is 4.45. The van der Waals surface area contributed by atoms with E-state index in [4.69, 9.17) is 0 Å². The van der Waals surface area contributed by atoms with Gasteiger partial charge in [0.2, 0.25) is 0 Å². The molecule has 20 heavy (non-hydrogen) atoms. The first-order chi connectivity index (χ1) is 9.20. The van der Waals surface area contributed by atoms with Crippen molar-refractivity contribution in [1.82, 2.24) is 0 Å². The van der Waals surface area contributed by atoms with Crippen molar-refractivity contribution in [1.29, 1.82) is 0 Å². The minimum Gasteiger partial charge on any atom is -0.393 e. The molecule has 0 aliphatic heterocycles. The second-order valence-corrected chi connectivity index (χ2v) is 6.87. The van der Waals surface area contributed by atoms with E-state index in [0.29, 0.717) is 11.8 Å². The number of benzene rings is 1. The normalized spacial score (nSPS) is 38.1. The van der Waals surface area contributed by atoms with Crippen molar-refractivity contribution in [3.63, 3.8) is 0 Å². The number of aliphatic hydroxyl groups excluding tert-OH is 1. The van der Waals surface area contributed by atoms with E-state index in [1.165, 1.54) is 30.4 Å². The third-order valence-corrected chi connectivity index (χ3v) is 6.06. The van der Waals surface area contributed by atoms with Crippen LogP contribution in [0.4, 0.5) is 0 Å². The smallest absolute Gasteiger partial charge is 0.0599 e. The Bertz CT molecular complexity index is 544. The van der Waals surface area contributed by atoms with Crippen LogP contribution in [0, 0.1) is 17.3 Å². The van der Waals surface area contributed by atoms with E-state index in [0.717, 1.165) is 12.8 Å². The van der Waals surface area contributed by atoms with Crippen LogP contribution in [0.25, 0.3) is 5.57 Å². The number of hydrogen-bond donors (Lipinski definition) is 1. The zero-order chi connectivity index (χ0) is 13.0. The van der Waals surface area contributed by atoms with Gasteiger partial charge in [-0.1, -0.05) is 44.7 Å². The van der Waals surface area contributed by atoms with Crippen molar-refractivity contribution in [3.05, 3.63) is 41.5 Å². The summed E-state index contributed by atoms with van der Waals surface area (Å²) in [7, 11) is 0. The fourth-order valence-corrected chi connectivity index (χ4v) is 4.89. The van der Waals surface area contributed by atoms with Crippen LogP contribution in [0.1, 0.15) is 51.2 Å². The molecule has 0 heterocycles. The third-order valence-electron chi connectivity index (χ3n) is 6.06. The highest BCUT2D eigenvalue weighted by Gasteiger charge is 2.51. The Morgan fingerprint density at radius 2 is 1.95 bits per heavy atom. The largest absolute Gasteiger partial charge is 0.393 e. The third kappa shape index (κ3) is 1.72. The van der Waals surface area contributed by atoms with Crippen molar-refractivity contribution in [2.45, 2.75) is 52.6 Å². The summed E-state index contributed by atoms with van der Waals surface area (Å²) < 4.78 is 0. The Balaban J connectivity index is 0.00000121. The number of rotatable bonds is 0. The van der Waals surface area contributed by atoms with Gasteiger partial charge in [0, 0.05) is 5.41 Å². The van der Waals surface area contributed by atoms with Crippen LogP contribution in [0.2, 0.25) is 0 Å². The van der Waals surface area contributed by atoms with Crippen LogP contribution in [0.15, 0.2) is 30.3 Å². The Kier molecular flexibility index (Phi) is 3.29. The summed E-state index contributed by atoms with van der Waals surface area (Å²) in [5.41, 5.74) is 4.73. The van der Waals surface area contributed by atoms with Crippen LogP contribution in [-0.4, -0.2) is 11.2 Å². The lowest BCUT2D eigenvalue weighted by Crippen LogP contribution is -2.39. The topological polar surface area (TPSA) is 20.2 Å². The minimum absolute atomic E-state index is 0. The Morgan fingerprint density at radius 1 is 1.15 bits per heavy atom. The molecule has 3 aliphatic rings. The molecule has 108 valence electrons. The minimum atomic E-state index is -0.0903. The monoisotopic (exact) mass is 270 g/mol. The summed E-state index contributed by atoms with van der Waals surface area (Å²) in [5.74, 6) is 1.38. The van der Waals surface area contributed by atoms with Gasteiger partial charge in [-0.05, 0) is 60.6 Å². The molecule has 1 aromatic rings. The van der Waals surface area contributed by atoms with Crippen LogP contribution in [0.3, 0.4) is 0 Å². The van der Waals surface area contributed by atoms with E-state index >= 15 is 0 Å². The standard InChI is InChI=1S/C18H22O.CH4/c1-18-11-10-14-13-5-3-2-4-12(13)6-7-15(14)16(18)8-9-17(18)19;/h2-5,10,15-17,19H,6-9,11H2,1H3;1H4. The Labute approximate surface area is 122 Å². The highest BCUT2D eigenvalue weighted by atomic mass is 16.3. The van der Waals surface area contributed by atoms with Crippen LogP contribution in [0.5, 0.6) is 0 Å². The number of fused-ring (bicyclic) bond motifs is 5. The van der Waals surface area contributed by atoms with Gasteiger partial charge in [0.15, 0.2) is 0 Å². The second kappa shape index (κ2) is 4.73. The van der Waals surface area contributed by atoms with Crippen molar-refractivity contribution in [2.75, 3.05) is 0 Å². The van der Waals surface area contributed by atoms with Crippen molar-refractivity contribution < 1.29 is 5.11 Å². The van der Waals surface area contributed by atoms with Crippen molar-refractivity contribution >= 4 is 5.57 Å². The zero-order valence-electron chi connectivity index (χ0n) is 11.6. The zero-order valence-corrected chi connectivity index (χ0v) is 11.6. The number of aryl methyl sites for hydroxylation is 1. The van der Waals surface area contributed by atoms with Crippen molar-refractivity contribution in [2.24, 2.45) is 17.3 Å². The first-order valence-electron chi connectivity index (χ1n) is 7.66. The average molecular weight is 270 g/mol. The summed E-state index contributed by atoms with van der Waals surface area (Å²) in [6, 6.07) is 8.90. The van der Waals surface area contributed by atoms with E-state index in [2.05, 4.69) is 37.3 Å². The average Bonchev–Trinajstić information content (AvgIpc) is 2.75. The molecule has 1 N–H and O–H groups in total. The summed E-state index contributed by atoms with van der Waals surface area (Å²) in [6.45, 7) is 2.31. The maximum atomic E-state index is 10.3. The predicted molar refractivity (Wildman–Crippen MR) is 84.4 cm³/mol. The first kappa shape index (κ1) is 13.9. The lowest BCUT2D eigenvalue weighted by molar-refractivity contribution is 0.0251. The van der Waals surface area contributed by atoms with Gasteiger partial charge in [-0.2, -0.15) is 0 Å². The molecular formula is C19H26O. The van der Waals surface area contributed by atoms with Crippen LogP contribution in [-0.2, 0) is 6.42 Å². The Hall–Kier alpha value is -1.08. The molecule has 1 nitrogen and oxygen atoms in total. The number of aliphatic hydroxyl groups is 1. The van der Waals surface area contributed by atoms with Gasteiger partial charge in [-0.3, -0.25) is 0 Å². The van der Waals surface area contributed by atoms with E-state index in [1.807, 2.05) is 0 Å². The van der Waals surface area contributed by atoms with E-state index in [9.17, 15) is 5.11 Å². The first-order valence-corrected chi connectivity index (χ1v) is 7.66. The molecule has 1 fully saturated rings. The highest BCUT2D eigenvalue weighted by molar-refractivity contribution is 5.73. The maximum Gasteiger partial charge on any atom is 0.0599 e. The lowest BCUT2D eigenvalue weighted by Gasteiger charge is -2.45. The van der Waals surface area contributed by atoms with Gasteiger partial charge in [-0.25, -0.2) is 0 Å². The molecule has 0 bridgehead atoms. The highest BCUT2D eigenvalue weighted by Crippen LogP contribution is 2.58. The van der Waals surface area contributed by atoms with Gasteiger partial charge in [0.1, 0.15) is 0 Å². The molecule has 1 heteroatoms. The van der Waals surface area contributed by atoms with E-state index in [1.54, 1.807) is 5.57 Å². The van der Waals surface area contributed by atoms with Gasteiger partial charge in [0.05, 0.1) is 6.10 Å². The van der Waals surface area contributed by atoms with Crippen LogP contribution >= 0.6 is 0 Å². The fraction of sp³-hybridized carbons (Fsp3) is 0.579. The van der Waals surface area contributed by atoms with Crippen LogP contribution < -0.4 is 0 Å². The van der Waals surface area contributed by atoms with Gasteiger partial charge in [-0.15, -0.1) is 0 Å². The summed E-state index contributed by atoms with van der Waals surface area (Å²) in [4.78, 5) is 0. The molecular weight excluding hydrogens is 244 g/mol. The van der Waals surface area contributed by atoms with E-state index in [-0.39, 0.29) is 18.9 Å². The molecule has 0 spiro atoms. The summed E-state index contributed by atoms with van der Waals surface area (Å²) in [6.07, 6.45) is 8.10. The summed E-state index contributed by atoms with van der Waals surface area (Å²) in [5, 5.41) is 10.3. The molecule has 4 unspecified atom stereocenters. The van der Waals surface area contributed by atoms with Crippen molar-refractivity contribution in [3.8, 4) is 0 Å². The molecule has 1 aromatic carbocycles. The molecule has 4 rings (SSSR count).